The number of carbonyl (C=O) groups excluding carboxylic acids is 1. The highest BCUT2D eigenvalue weighted by atomic mass is 16.2. The van der Waals surface area contributed by atoms with Crippen molar-refractivity contribution in [3.63, 3.8) is 0 Å². The van der Waals surface area contributed by atoms with Crippen LogP contribution in [0.3, 0.4) is 0 Å². The van der Waals surface area contributed by atoms with Crippen molar-refractivity contribution in [3.05, 3.63) is 59.7 Å². The molecule has 2 aromatic rings. The molecule has 1 saturated carbocycles. The molecule has 4 rings (SSSR count). The smallest absolute Gasteiger partial charge is 0.223 e. The first-order chi connectivity index (χ1) is 12.8. The zero-order valence-corrected chi connectivity index (χ0v) is 14.9. The molecule has 132 valence electrons. The van der Waals surface area contributed by atoms with Gasteiger partial charge in [-0.25, -0.2) is 0 Å². The zero-order valence-electron chi connectivity index (χ0n) is 14.9. The van der Waals surface area contributed by atoms with E-state index in [0.29, 0.717) is 12.6 Å². The highest BCUT2D eigenvalue weighted by Gasteiger charge is 2.29. The molecule has 2 aromatic carbocycles. The van der Waals surface area contributed by atoms with E-state index in [4.69, 9.17) is 0 Å². The van der Waals surface area contributed by atoms with Gasteiger partial charge in [-0.2, -0.15) is 0 Å². The van der Waals surface area contributed by atoms with Crippen LogP contribution in [0.4, 0.5) is 0 Å². The lowest BCUT2D eigenvalue weighted by molar-refractivity contribution is -0.122. The molecule has 1 unspecified atom stereocenters. The fourth-order valence-corrected chi connectivity index (χ4v) is 3.25. The van der Waals surface area contributed by atoms with Gasteiger partial charge in [0.15, 0.2) is 0 Å². The van der Waals surface area contributed by atoms with Crippen LogP contribution in [0.25, 0.3) is 11.1 Å². The molecule has 1 aliphatic heterocycles. The van der Waals surface area contributed by atoms with E-state index in [1.54, 1.807) is 0 Å². The van der Waals surface area contributed by atoms with Crippen molar-refractivity contribution in [2.45, 2.75) is 38.3 Å². The molecule has 2 aliphatic rings. The summed E-state index contributed by atoms with van der Waals surface area (Å²) in [6.07, 6.45) is 4.44. The third-order valence-electron chi connectivity index (χ3n) is 5.02. The van der Waals surface area contributed by atoms with Gasteiger partial charge in [0.25, 0.3) is 0 Å². The van der Waals surface area contributed by atoms with Gasteiger partial charge in [-0.3, -0.25) is 4.79 Å². The van der Waals surface area contributed by atoms with Gasteiger partial charge in [0.2, 0.25) is 5.91 Å². The summed E-state index contributed by atoms with van der Waals surface area (Å²) in [6.45, 7) is 1.68. The van der Waals surface area contributed by atoms with Gasteiger partial charge < -0.3 is 10.6 Å². The Morgan fingerprint density at radius 2 is 1.92 bits per heavy atom. The van der Waals surface area contributed by atoms with E-state index in [9.17, 15) is 4.79 Å². The standard InChI is InChI=1S/C23H24N2O/c26-23(20-11-12-20)25-16-18-6-9-19(10-7-18)21-4-1-3-17(15-21)8-13-22-5-2-14-24-22/h1,3-4,6-7,9-10,15,20,22,24H,2,5,11-12,14,16H2,(H,25,26). The molecule has 0 bridgehead atoms. The first kappa shape index (κ1) is 16.9. The van der Waals surface area contributed by atoms with Crippen LogP contribution in [0.15, 0.2) is 48.5 Å². The van der Waals surface area contributed by atoms with E-state index in [1.807, 2.05) is 0 Å². The van der Waals surface area contributed by atoms with Crippen molar-refractivity contribution >= 4 is 5.91 Å². The lowest BCUT2D eigenvalue weighted by Crippen LogP contribution is -2.24. The van der Waals surface area contributed by atoms with Crippen LogP contribution in [0.1, 0.15) is 36.8 Å². The van der Waals surface area contributed by atoms with E-state index in [1.165, 1.54) is 17.5 Å². The van der Waals surface area contributed by atoms with Crippen LogP contribution in [0, 0.1) is 17.8 Å². The second kappa shape index (κ2) is 7.76. The summed E-state index contributed by atoms with van der Waals surface area (Å²) in [5.41, 5.74) is 4.53. The molecular weight excluding hydrogens is 320 g/mol. The highest BCUT2D eigenvalue weighted by molar-refractivity contribution is 5.80. The van der Waals surface area contributed by atoms with Crippen LogP contribution in [-0.4, -0.2) is 18.5 Å². The molecule has 1 heterocycles. The number of carbonyl (C=O) groups is 1. The quantitative estimate of drug-likeness (QED) is 0.834. The van der Waals surface area contributed by atoms with Crippen LogP contribution >= 0.6 is 0 Å². The largest absolute Gasteiger partial charge is 0.352 e. The minimum Gasteiger partial charge on any atom is -0.352 e. The Morgan fingerprint density at radius 1 is 1.08 bits per heavy atom. The fourth-order valence-electron chi connectivity index (χ4n) is 3.25. The predicted octanol–water partition coefficient (Wildman–Crippen LogP) is 3.48. The number of hydrogen-bond acceptors (Lipinski definition) is 2. The maximum atomic E-state index is 11.7. The molecule has 2 fully saturated rings. The third-order valence-corrected chi connectivity index (χ3v) is 5.02. The summed E-state index contributed by atoms with van der Waals surface area (Å²) in [4.78, 5) is 11.7. The van der Waals surface area contributed by atoms with Crippen molar-refractivity contribution in [1.29, 1.82) is 0 Å². The van der Waals surface area contributed by atoms with Crippen molar-refractivity contribution in [1.82, 2.24) is 10.6 Å². The maximum Gasteiger partial charge on any atom is 0.223 e. The monoisotopic (exact) mass is 344 g/mol. The average Bonchev–Trinajstić information content (AvgIpc) is 3.41. The Morgan fingerprint density at radius 3 is 2.65 bits per heavy atom. The molecule has 0 aromatic heterocycles. The molecule has 0 radical (unpaired) electrons. The van der Waals surface area contributed by atoms with Crippen molar-refractivity contribution in [2.24, 2.45) is 5.92 Å². The van der Waals surface area contributed by atoms with Gasteiger partial charge in [-0.15, -0.1) is 0 Å². The first-order valence-electron chi connectivity index (χ1n) is 9.50. The Bertz CT molecular complexity index is 835. The van der Waals surface area contributed by atoms with Crippen LogP contribution in [0.2, 0.25) is 0 Å². The Hall–Kier alpha value is -2.57. The van der Waals surface area contributed by atoms with E-state index >= 15 is 0 Å². The van der Waals surface area contributed by atoms with Crippen LogP contribution in [-0.2, 0) is 11.3 Å². The Kier molecular flexibility index (Phi) is 5.04. The minimum absolute atomic E-state index is 0.192. The highest BCUT2D eigenvalue weighted by Crippen LogP contribution is 2.29. The number of hydrogen-bond donors (Lipinski definition) is 2. The summed E-state index contributed by atoms with van der Waals surface area (Å²) in [6, 6.07) is 17.1. The van der Waals surface area contributed by atoms with Crippen molar-refractivity contribution in [3.8, 4) is 23.0 Å². The lowest BCUT2D eigenvalue weighted by Gasteiger charge is -2.07. The number of rotatable bonds is 4. The molecule has 3 nitrogen and oxygen atoms in total. The van der Waals surface area contributed by atoms with Gasteiger partial charge >= 0.3 is 0 Å². The van der Waals surface area contributed by atoms with Crippen LogP contribution in [0.5, 0.6) is 0 Å². The van der Waals surface area contributed by atoms with Gasteiger partial charge in [0.05, 0.1) is 6.04 Å². The minimum atomic E-state index is 0.192. The molecular formula is C23H24N2O. The first-order valence-corrected chi connectivity index (χ1v) is 9.50. The summed E-state index contributed by atoms with van der Waals surface area (Å²) in [5, 5.41) is 6.42. The zero-order chi connectivity index (χ0) is 17.8. The summed E-state index contributed by atoms with van der Waals surface area (Å²) in [7, 11) is 0. The van der Waals surface area contributed by atoms with Crippen molar-refractivity contribution in [2.75, 3.05) is 6.54 Å². The molecule has 3 heteroatoms. The second-order valence-corrected chi connectivity index (χ2v) is 7.19. The average molecular weight is 344 g/mol. The van der Waals surface area contributed by atoms with Crippen molar-refractivity contribution < 1.29 is 4.79 Å². The van der Waals surface area contributed by atoms with E-state index in [-0.39, 0.29) is 11.8 Å². The maximum absolute atomic E-state index is 11.7. The second-order valence-electron chi connectivity index (χ2n) is 7.19. The summed E-state index contributed by atoms with van der Waals surface area (Å²) < 4.78 is 0. The number of benzene rings is 2. The molecule has 26 heavy (non-hydrogen) atoms. The molecule has 2 N–H and O–H groups in total. The third kappa shape index (κ3) is 4.33. The Balaban J connectivity index is 1.41. The number of amides is 1. The molecule has 0 spiro atoms. The molecule has 1 atom stereocenters. The summed E-state index contributed by atoms with van der Waals surface area (Å²) >= 11 is 0. The molecule has 1 amide bonds. The van der Waals surface area contributed by atoms with Gasteiger partial charge in [-0.05, 0) is 61.1 Å². The number of nitrogens with one attached hydrogen (secondary N) is 2. The normalized spacial score (nSPS) is 18.8. The van der Waals surface area contributed by atoms with Gasteiger partial charge in [0.1, 0.15) is 0 Å². The van der Waals surface area contributed by atoms with Gasteiger partial charge in [-0.1, -0.05) is 48.2 Å². The SMILES string of the molecule is O=C(NCc1ccc(-c2cccc(C#CC3CCCN3)c2)cc1)C1CC1. The lowest BCUT2D eigenvalue weighted by atomic mass is 10.0. The predicted molar refractivity (Wildman–Crippen MR) is 104 cm³/mol. The summed E-state index contributed by atoms with van der Waals surface area (Å²) in [5.74, 6) is 7.08. The fraction of sp³-hybridized carbons (Fsp3) is 0.348. The molecule has 1 aliphatic carbocycles. The molecule has 1 saturated heterocycles. The van der Waals surface area contributed by atoms with E-state index in [2.05, 4.69) is 71.0 Å². The topological polar surface area (TPSA) is 41.1 Å². The Labute approximate surface area is 155 Å². The van der Waals surface area contributed by atoms with E-state index < -0.39 is 0 Å². The van der Waals surface area contributed by atoms with Crippen LogP contribution < -0.4 is 10.6 Å². The van der Waals surface area contributed by atoms with E-state index in [0.717, 1.165) is 36.9 Å². The van der Waals surface area contributed by atoms with Gasteiger partial charge in [0, 0.05) is 18.0 Å².